The SMILES string of the molecule is Cc1cccc(-n2c(C)cc(/C=C3\C(=O)NC(=S)N(c4ccccc4)C3=O)c2C)c1. The molecule has 1 aromatic heterocycles. The summed E-state index contributed by atoms with van der Waals surface area (Å²) in [6, 6.07) is 19.2. The third kappa shape index (κ3) is 3.46. The maximum atomic E-state index is 13.2. The maximum Gasteiger partial charge on any atom is 0.270 e. The summed E-state index contributed by atoms with van der Waals surface area (Å²) in [5.74, 6) is -0.923. The van der Waals surface area contributed by atoms with Crippen molar-refractivity contribution >= 4 is 40.9 Å². The summed E-state index contributed by atoms with van der Waals surface area (Å²) in [5, 5.41) is 2.71. The van der Waals surface area contributed by atoms with Crippen LogP contribution in [0.1, 0.15) is 22.5 Å². The van der Waals surface area contributed by atoms with Crippen LogP contribution in [0.4, 0.5) is 5.69 Å². The van der Waals surface area contributed by atoms with Crippen LogP contribution in [-0.2, 0) is 9.59 Å². The standard InChI is InChI=1S/C24H21N3O2S/c1-15-8-7-11-20(12-15)26-16(2)13-18(17(26)3)14-21-22(28)25-24(30)27(23(21)29)19-9-5-4-6-10-19/h4-14H,1-3H3,(H,25,28,30)/b21-14+. The average molecular weight is 416 g/mol. The Morgan fingerprint density at radius 2 is 1.60 bits per heavy atom. The highest BCUT2D eigenvalue weighted by atomic mass is 32.1. The number of rotatable bonds is 3. The van der Waals surface area contributed by atoms with Gasteiger partial charge in [0.15, 0.2) is 5.11 Å². The second-order valence-electron chi connectivity index (χ2n) is 7.29. The zero-order valence-corrected chi connectivity index (χ0v) is 17.8. The number of para-hydroxylation sites is 1. The lowest BCUT2D eigenvalue weighted by Crippen LogP contribution is -2.54. The molecule has 2 heterocycles. The molecule has 2 aromatic carbocycles. The second kappa shape index (κ2) is 7.72. The summed E-state index contributed by atoms with van der Waals surface area (Å²) in [6.07, 6.45) is 1.64. The molecular weight excluding hydrogens is 394 g/mol. The Balaban J connectivity index is 1.77. The zero-order chi connectivity index (χ0) is 21.4. The van der Waals surface area contributed by atoms with E-state index < -0.39 is 11.8 Å². The number of benzene rings is 2. The van der Waals surface area contributed by atoms with E-state index in [0.29, 0.717) is 5.69 Å². The van der Waals surface area contributed by atoms with Crippen LogP contribution in [0.25, 0.3) is 11.8 Å². The Labute approximate surface area is 180 Å². The van der Waals surface area contributed by atoms with Crippen LogP contribution >= 0.6 is 12.2 Å². The number of thiocarbonyl (C=S) groups is 1. The molecule has 0 spiro atoms. The number of aromatic nitrogens is 1. The topological polar surface area (TPSA) is 54.3 Å². The fourth-order valence-electron chi connectivity index (χ4n) is 3.72. The number of anilines is 1. The van der Waals surface area contributed by atoms with Crippen LogP contribution < -0.4 is 10.2 Å². The number of carbonyl (C=O) groups excluding carboxylic acids is 2. The van der Waals surface area contributed by atoms with Gasteiger partial charge in [-0.2, -0.15) is 0 Å². The van der Waals surface area contributed by atoms with E-state index in [1.807, 2.05) is 63.2 Å². The van der Waals surface area contributed by atoms with Gasteiger partial charge in [0.2, 0.25) is 0 Å². The van der Waals surface area contributed by atoms with Crippen molar-refractivity contribution in [2.24, 2.45) is 0 Å². The summed E-state index contributed by atoms with van der Waals surface area (Å²) in [7, 11) is 0. The van der Waals surface area contributed by atoms with Crippen LogP contribution in [0.2, 0.25) is 0 Å². The first-order chi connectivity index (χ1) is 14.4. The molecular formula is C24H21N3O2S. The predicted molar refractivity (Wildman–Crippen MR) is 123 cm³/mol. The van der Waals surface area contributed by atoms with E-state index in [1.165, 1.54) is 4.90 Å². The lowest BCUT2D eigenvalue weighted by molar-refractivity contribution is -0.122. The number of hydrogen-bond acceptors (Lipinski definition) is 3. The number of carbonyl (C=O) groups is 2. The fourth-order valence-corrected chi connectivity index (χ4v) is 4.00. The first kappa shape index (κ1) is 19.8. The van der Waals surface area contributed by atoms with Gasteiger partial charge in [0.1, 0.15) is 5.57 Å². The van der Waals surface area contributed by atoms with E-state index in [0.717, 1.165) is 28.2 Å². The first-order valence-corrected chi connectivity index (χ1v) is 10.00. The molecule has 1 N–H and O–H groups in total. The molecule has 2 amide bonds. The van der Waals surface area contributed by atoms with Crippen molar-refractivity contribution in [2.45, 2.75) is 20.8 Å². The Morgan fingerprint density at radius 1 is 0.900 bits per heavy atom. The number of nitrogens with one attached hydrogen (secondary N) is 1. The highest BCUT2D eigenvalue weighted by Crippen LogP contribution is 2.26. The highest BCUT2D eigenvalue weighted by Gasteiger charge is 2.34. The largest absolute Gasteiger partial charge is 0.318 e. The molecule has 1 saturated heterocycles. The van der Waals surface area contributed by atoms with Crippen molar-refractivity contribution in [1.29, 1.82) is 0 Å². The van der Waals surface area contributed by atoms with Gasteiger partial charge < -0.3 is 4.57 Å². The Hall–Kier alpha value is -3.51. The van der Waals surface area contributed by atoms with Gasteiger partial charge in [0.05, 0.1) is 5.69 Å². The molecule has 5 nitrogen and oxygen atoms in total. The summed E-state index contributed by atoms with van der Waals surface area (Å²) < 4.78 is 2.12. The van der Waals surface area contributed by atoms with Crippen LogP contribution in [0.3, 0.4) is 0 Å². The molecule has 0 bridgehead atoms. The summed E-state index contributed by atoms with van der Waals surface area (Å²) in [4.78, 5) is 27.1. The molecule has 1 aliphatic heterocycles. The normalized spacial score (nSPS) is 15.6. The monoisotopic (exact) mass is 415 g/mol. The minimum Gasteiger partial charge on any atom is -0.318 e. The van der Waals surface area contributed by atoms with Gasteiger partial charge in [-0.3, -0.25) is 19.8 Å². The fraction of sp³-hybridized carbons (Fsp3) is 0.125. The summed E-state index contributed by atoms with van der Waals surface area (Å²) in [5.41, 5.74) is 5.65. The van der Waals surface area contributed by atoms with Gasteiger partial charge in [-0.05, 0) is 80.5 Å². The molecule has 0 radical (unpaired) electrons. The molecule has 4 rings (SSSR count). The van der Waals surface area contributed by atoms with Crippen molar-refractivity contribution in [2.75, 3.05) is 4.90 Å². The number of hydrogen-bond donors (Lipinski definition) is 1. The molecule has 0 saturated carbocycles. The van der Waals surface area contributed by atoms with Crippen LogP contribution in [0.5, 0.6) is 0 Å². The molecule has 30 heavy (non-hydrogen) atoms. The van der Waals surface area contributed by atoms with Crippen LogP contribution in [-0.4, -0.2) is 21.5 Å². The van der Waals surface area contributed by atoms with Gasteiger partial charge >= 0.3 is 0 Å². The van der Waals surface area contributed by atoms with E-state index in [9.17, 15) is 9.59 Å². The molecule has 150 valence electrons. The van der Waals surface area contributed by atoms with Gasteiger partial charge in [-0.15, -0.1) is 0 Å². The third-order valence-electron chi connectivity index (χ3n) is 5.15. The van der Waals surface area contributed by atoms with Crippen molar-refractivity contribution in [3.05, 3.63) is 88.8 Å². The maximum absolute atomic E-state index is 13.2. The Bertz CT molecular complexity index is 1210. The van der Waals surface area contributed by atoms with Crippen molar-refractivity contribution in [3.63, 3.8) is 0 Å². The van der Waals surface area contributed by atoms with Crippen molar-refractivity contribution in [1.82, 2.24) is 9.88 Å². The quantitative estimate of drug-likeness (QED) is 0.396. The average Bonchev–Trinajstić information content (AvgIpc) is 2.99. The zero-order valence-electron chi connectivity index (χ0n) is 17.0. The highest BCUT2D eigenvalue weighted by molar-refractivity contribution is 7.80. The van der Waals surface area contributed by atoms with E-state index >= 15 is 0 Å². The lowest BCUT2D eigenvalue weighted by atomic mass is 10.1. The van der Waals surface area contributed by atoms with Gasteiger partial charge in [-0.1, -0.05) is 30.3 Å². The Morgan fingerprint density at radius 3 is 2.30 bits per heavy atom. The molecule has 1 fully saturated rings. The molecule has 0 aliphatic carbocycles. The van der Waals surface area contributed by atoms with E-state index in [1.54, 1.807) is 18.2 Å². The van der Waals surface area contributed by atoms with Gasteiger partial charge in [-0.25, -0.2) is 0 Å². The summed E-state index contributed by atoms with van der Waals surface area (Å²) in [6.45, 7) is 6.03. The van der Waals surface area contributed by atoms with E-state index in [4.69, 9.17) is 12.2 Å². The van der Waals surface area contributed by atoms with Crippen LogP contribution in [0, 0.1) is 20.8 Å². The number of aryl methyl sites for hydroxylation is 2. The number of amides is 2. The van der Waals surface area contributed by atoms with Crippen molar-refractivity contribution < 1.29 is 9.59 Å². The van der Waals surface area contributed by atoms with Gasteiger partial charge in [0.25, 0.3) is 11.8 Å². The Kier molecular flexibility index (Phi) is 5.10. The second-order valence-corrected chi connectivity index (χ2v) is 7.68. The third-order valence-corrected chi connectivity index (χ3v) is 5.43. The predicted octanol–water partition coefficient (Wildman–Crippen LogP) is 4.23. The molecule has 0 unspecified atom stereocenters. The molecule has 0 atom stereocenters. The summed E-state index contributed by atoms with van der Waals surface area (Å²) >= 11 is 5.25. The van der Waals surface area contributed by atoms with E-state index in [-0.39, 0.29) is 10.7 Å². The molecule has 3 aromatic rings. The smallest absolute Gasteiger partial charge is 0.270 e. The minimum atomic E-state index is -0.488. The van der Waals surface area contributed by atoms with Gasteiger partial charge in [0, 0.05) is 17.1 Å². The van der Waals surface area contributed by atoms with Crippen LogP contribution in [0.15, 0.2) is 66.2 Å². The first-order valence-electron chi connectivity index (χ1n) is 9.59. The molecule has 6 heteroatoms. The van der Waals surface area contributed by atoms with Crippen molar-refractivity contribution in [3.8, 4) is 5.69 Å². The minimum absolute atomic E-state index is 0.0527. The number of nitrogens with zero attached hydrogens (tertiary/aromatic N) is 2. The molecule has 1 aliphatic rings. The van der Waals surface area contributed by atoms with E-state index in [2.05, 4.69) is 16.0 Å². The lowest BCUT2D eigenvalue weighted by Gasteiger charge is -2.28.